The van der Waals surface area contributed by atoms with E-state index in [1.807, 2.05) is 31.3 Å². The first kappa shape index (κ1) is 9.02. The Morgan fingerprint density at radius 3 is 2.93 bits per heavy atom. The van der Waals surface area contributed by atoms with Crippen molar-refractivity contribution in [2.45, 2.75) is 0 Å². The molecule has 0 fully saturated rings. The van der Waals surface area contributed by atoms with Crippen LogP contribution in [0.1, 0.15) is 0 Å². The third-order valence-electron chi connectivity index (χ3n) is 2.06. The fourth-order valence-electron chi connectivity index (χ4n) is 1.34. The lowest BCUT2D eigenvalue weighted by Crippen LogP contribution is -2.18. The number of nitrogens with one attached hydrogen (secondary N) is 3. The summed E-state index contributed by atoms with van der Waals surface area (Å²) in [7, 11) is 1.93. The second-order valence-electron chi connectivity index (χ2n) is 3.13. The summed E-state index contributed by atoms with van der Waals surface area (Å²) in [5.41, 5.74) is 2.07. The molecular weight excluding hydrogens is 176 g/mol. The fraction of sp³-hybridized carbons (Fsp3) is 0.300. The molecule has 2 rings (SSSR count). The number of aromatic nitrogens is 2. The number of H-pyrrole nitrogens is 1. The van der Waals surface area contributed by atoms with Crippen LogP contribution >= 0.6 is 0 Å². The van der Waals surface area contributed by atoms with Gasteiger partial charge in [-0.2, -0.15) is 0 Å². The van der Waals surface area contributed by atoms with Gasteiger partial charge in [0.15, 0.2) is 0 Å². The zero-order valence-corrected chi connectivity index (χ0v) is 8.17. The summed E-state index contributed by atoms with van der Waals surface area (Å²) in [5.74, 6) is 0.835. The predicted octanol–water partition coefficient (Wildman–Crippen LogP) is 1.19. The highest BCUT2D eigenvalue weighted by molar-refractivity contribution is 5.77. The van der Waals surface area contributed by atoms with E-state index >= 15 is 0 Å². The van der Waals surface area contributed by atoms with E-state index in [-0.39, 0.29) is 0 Å². The summed E-state index contributed by atoms with van der Waals surface area (Å²) >= 11 is 0. The van der Waals surface area contributed by atoms with Gasteiger partial charge in [-0.25, -0.2) is 4.98 Å². The van der Waals surface area contributed by atoms with Crippen LogP contribution in [0.2, 0.25) is 0 Å². The fourth-order valence-corrected chi connectivity index (χ4v) is 1.34. The second-order valence-corrected chi connectivity index (χ2v) is 3.13. The molecule has 0 aliphatic carbocycles. The van der Waals surface area contributed by atoms with Crippen LogP contribution in [-0.4, -0.2) is 30.1 Å². The maximum atomic E-state index is 4.39. The molecule has 3 N–H and O–H groups in total. The first-order valence-electron chi connectivity index (χ1n) is 4.73. The van der Waals surface area contributed by atoms with E-state index in [0.717, 1.165) is 30.1 Å². The van der Waals surface area contributed by atoms with E-state index in [9.17, 15) is 0 Å². The smallest absolute Gasteiger partial charge is 0.201 e. The number of para-hydroxylation sites is 2. The van der Waals surface area contributed by atoms with E-state index in [2.05, 4.69) is 20.6 Å². The van der Waals surface area contributed by atoms with Crippen LogP contribution in [0, 0.1) is 0 Å². The minimum absolute atomic E-state index is 0.835. The molecule has 0 saturated heterocycles. The molecule has 0 radical (unpaired) electrons. The average molecular weight is 190 g/mol. The van der Waals surface area contributed by atoms with Gasteiger partial charge in [-0.05, 0) is 19.2 Å². The molecule has 0 aliphatic heterocycles. The minimum atomic E-state index is 0.835. The summed E-state index contributed by atoms with van der Waals surface area (Å²) in [6, 6.07) is 8.00. The zero-order valence-electron chi connectivity index (χ0n) is 8.17. The molecule has 0 unspecified atom stereocenters. The van der Waals surface area contributed by atoms with Crippen LogP contribution in [0.3, 0.4) is 0 Å². The Labute approximate surface area is 82.7 Å². The SMILES string of the molecule is CNCCNc1nc2ccccc2[nH]1. The van der Waals surface area contributed by atoms with Gasteiger partial charge in [-0.15, -0.1) is 0 Å². The van der Waals surface area contributed by atoms with Gasteiger partial charge >= 0.3 is 0 Å². The molecule has 0 amide bonds. The van der Waals surface area contributed by atoms with Gasteiger partial charge in [-0.3, -0.25) is 0 Å². The van der Waals surface area contributed by atoms with Crippen molar-refractivity contribution in [3.8, 4) is 0 Å². The molecule has 1 aromatic carbocycles. The van der Waals surface area contributed by atoms with E-state index < -0.39 is 0 Å². The van der Waals surface area contributed by atoms with Crippen molar-refractivity contribution in [2.75, 3.05) is 25.5 Å². The van der Waals surface area contributed by atoms with E-state index in [0.29, 0.717) is 0 Å². The van der Waals surface area contributed by atoms with E-state index in [1.54, 1.807) is 0 Å². The third-order valence-corrected chi connectivity index (χ3v) is 2.06. The molecule has 2 aromatic rings. The first-order chi connectivity index (χ1) is 6.90. The molecular formula is C10H14N4. The molecule has 0 saturated carbocycles. The number of hydrogen-bond acceptors (Lipinski definition) is 3. The molecule has 1 heterocycles. The molecule has 4 nitrogen and oxygen atoms in total. The van der Waals surface area contributed by atoms with Crippen molar-refractivity contribution < 1.29 is 0 Å². The Hall–Kier alpha value is -1.55. The van der Waals surface area contributed by atoms with Crippen molar-refractivity contribution >= 4 is 17.0 Å². The molecule has 0 bridgehead atoms. The van der Waals surface area contributed by atoms with Crippen LogP contribution in [0.15, 0.2) is 24.3 Å². The highest BCUT2D eigenvalue weighted by Crippen LogP contribution is 2.12. The summed E-state index contributed by atoms with van der Waals surface area (Å²) in [4.78, 5) is 7.59. The Kier molecular flexibility index (Phi) is 2.65. The van der Waals surface area contributed by atoms with Gasteiger partial charge in [0.25, 0.3) is 0 Å². The number of anilines is 1. The van der Waals surface area contributed by atoms with E-state index in [4.69, 9.17) is 0 Å². The van der Waals surface area contributed by atoms with Crippen molar-refractivity contribution in [3.05, 3.63) is 24.3 Å². The topological polar surface area (TPSA) is 52.7 Å². The minimum Gasteiger partial charge on any atom is -0.355 e. The summed E-state index contributed by atoms with van der Waals surface area (Å²) < 4.78 is 0. The Bertz CT molecular complexity index is 374. The quantitative estimate of drug-likeness (QED) is 0.635. The van der Waals surface area contributed by atoms with Gasteiger partial charge in [0.1, 0.15) is 0 Å². The lowest BCUT2D eigenvalue weighted by Gasteiger charge is -2.00. The van der Waals surface area contributed by atoms with Crippen LogP contribution < -0.4 is 10.6 Å². The summed E-state index contributed by atoms with van der Waals surface area (Å²) in [6.45, 7) is 1.80. The number of aromatic amines is 1. The number of benzene rings is 1. The summed E-state index contributed by atoms with van der Waals surface area (Å²) in [5, 5.41) is 6.27. The maximum absolute atomic E-state index is 4.39. The van der Waals surface area contributed by atoms with Crippen molar-refractivity contribution in [2.24, 2.45) is 0 Å². The number of hydrogen-bond donors (Lipinski definition) is 3. The Balaban J connectivity index is 2.11. The van der Waals surface area contributed by atoms with Gasteiger partial charge in [-0.1, -0.05) is 12.1 Å². The van der Waals surface area contributed by atoms with Crippen LogP contribution in [0.4, 0.5) is 5.95 Å². The molecule has 1 aromatic heterocycles. The molecule has 4 heteroatoms. The zero-order chi connectivity index (χ0) is 9.80. The molecule has 0 spiro atoms. The van der Waals surface area contributed by atoms with Gasteiger partial charge in [0.05, 0.1) is 11.0 Å². The number of rotatable bonds is 4. The number of nitrogens with zero attached hydrogens (tertiary/aromatic N) is 1. The monoisotopic (exact) mass is 190 g/mol. The molecule has 0 aliphatic rings. The number of fused-ring (bicyclic) bond motifs is 1. The van der Waals surface area contributed by atoms with Gasteiger partial charge < -0.3 is 15.6 Å². The molecule has 14 heavy (non-hydrogen) atoms. The first-order valence-corrected chi connectivity index (χ1v) is 4.73. The molecule has 74 valence electrons. The maximum Gasteiger partial charge on any atom is 0.201 e. The summed E-state index contributed by atoms with van der Waals surface area (Å²) in [6.07, 6.45) is 0. The van der Waals surface area contributed by atoms with Crippen molar-refractivity contribution in [3.63, 3.8) is 0 Å². The largest absolute Gasteiger partial charge is 0.355 e. The third kappa shape index (κ3) is 1.85. The highest BCUT2D eigenvalue weighted by atomic mass is 15.1. The second kappa shape index (κ2) is 4.11. The van der Waals surface area contributed by atoms with E-state index in [1.165, 1.54) is 0 Å². The number of likely N-dealkylation sites (N-methyl/N-ethyl adjacent to an activating group) is 1. The van der Waals surface area contributed by atoms with Gasteiger partial charge in [0.2, 0.25) is 5.95 Å². The predicted molar refractivity (Wildman–Crippen MR) is 58.5 cm³/mol. The number of imidazole rings is 1. The standard InChI is InChI=1S/C10H14N4/c1-11-6-7-12-10-13-8-4-2-3-5-9(8)14-10/h2-5,11H,6-7H2,1H3,(H2,12,13,14). The average Bonchev–Trinajstić information content (AvgIpc) is 2.60. The Morgan fingerprint density at radius 1 is 1.29 bits per heavy atom. The Morgan fingerprint density at radius 2 is 2.14 bits per heavy atom. The highest BCUT2D eigenvalue weighted by Gasteiger charge is 1.99. The van der Waals surface area contributed by atoms with Crippen LogP contribution in [0.5, 0.6) is 0 Å². The van der Waals surface area contributed by atoms with Crippen molar-refractivity contribution in [1.29, 1.82) is 0 Å². The lowest BCUT2D eigenvalue weighted by molar-refractivity contribution is 0.820. The lowest BCUT2D eigenvalue weighted by atomic mass is 10.3. The van der Waals surface area contributed by atoms with Crippen LogP contribution in [0.25, 0.3) is 11.0 Å². The van der Waals surface area contributed by atoms with Gasteiger partial charge in [0, 0.05) is 13.1 Å². The van der Waals surface area contributed by atoms with Crippen LogP contribution in [-0.2, 0) is 0 Å². The normalized spacial score (nSPS) is 10.6. The molecule has 0 atom stereocenters. The van der Waals surface area contributed by atoms with Crippen molar-refractivity contribution in [1.82, 2.24) is 15.3 Å².